The van der Waals surface area contributed by atoms with Crippen molar-refractivity contribution in [1.82, 2.24) is 9.80 Å². The SMILES string of the molecule is O=C(c1ccc(-c2ccccc2)cc1)N1CCCN(C(=O)c2c(F)cccc2Cl)CC1. The van der Waals surface area contributed by atoms with Crippen LogP contribution in [0.25, 0.3) is 11.1 Å². The van der Waals surface area contributed by atoms with Gasteiger partial charge in [-0.3, -0.25) is 9.59 Å². The molecule has 31 heavy (non-hydrogen) atoms. The highest BCUT2D eigenvalue weighted by Gasteiger charge is 2.26. The first-order chi connectivity index (χ1) is 15.0. The number of carbonyl (C=O) groups excluding carboxylic acids is 2. The molecule has 0 bridgehead atoms. The number of benzene rings is 3. The first-order valence-electron chi connectivity index (χ1n) is 10.2. The van der Waals surface area contributed by atoms with Crippen molar-refractivity contribution in [2.24, 2.45) is 0 Å². The molecule has 0 atom stereocenters. The van der Waals surface area contributed by atoms with Gasteiger partial charge in [-0.05, 0) is 41.8 Å². The monoisotopic (exact) mass is 436 g/mol. The summed E-state index contributed by atoms with van der Waals surface area (Å²) in [6, 6.07) is 21.7. The van der Waals surface area contributed by atoms with Gasteiger partial charge in [0.05, 0.1) is 10.6 Å². The summed E-state index contributed by atoms with van der Waals surface area (Å²) in [6.07, 6.45) is 0.617. The van der Waals surface area contributed by atoms with Crippen LogP contribution in [0.4, 0.5) is 4.39 Å². The predicted molar refractivity (Wildman–Crippen MR) is 120 cm³/mol. The maximum absolute atomic E-state index is 14.1. The fourth-order valence-electron chi connectivity index (χ4n) is 3.80. The van der Waals surface area contributed by atoms with E-state index in [1.54, 1.807) is 9.80 Å². The van der Waals surface area contributed by atoms with Crippen LogP contribution < -0.4 is 0 Å². The number of hydrogen-bond acceptors (Lipinski definition) is 2. The van der Waals surface area contributed by atoms with Crippen LogP contribution in [0.3, 0.4) is 0 Å². The molecule has 6 heteroatoms. The van der Waals surface area contributed by atoms with E-state index in [9.17, 15) is 14.0 Å². The van der Waals surface area contributed by atoms with Crippen LogP contribution in [0.5, 0.6) is 0 Å². The van der Waals surface area contributed by atoms with Crippen LogP contribution in [0.15, 0.2) is 72.8 Å². The third-order valence-corrected chi connectivity index (χ3v) is 5.80. The van der Waals surface area contributed by atoms with E-state index in [4.69, 9.17) is 11.6 Å². The van der Waals surface area contributed by atoms with Crippen LogP contribution in [-0.2, 0) is 0 Å². The average molecular weight is 437 g/mol. The minimum Gasteiger partial charge on any atom is -0.337 e. The Balaban J connectivity index is 1.44. The minimum atomic E-state index is -0.631. The molecule has 0 N–H and O–H groups in total. The van der Waals surface area contributed by atoms with Crippen LogP contribution in [0.2, 0.25) is 5.02 Å². The van der Waals surface area contributed by atoms with Crippen LogP contribution in [-0.4, -0.2) is 47.8 Å². The minimum absolute atomic E-state index is 0.0714. The number of halogens is 2. The third kappa shape index (κ3) is 4.62. The molecule has 1 aliphatic heterocycles. The molecule has 3 aromatic carbocycles. The molecule has 3 aromatic rings. The average Bonchev–Trinajstić information content (AvgIpc) is 3.05. The lowest BCUT2D eigenvalue weighted by Crippen LogP contribution is -2.37. The Bertz CT molecular complexity index is 1070. The molecule has 1 fully saturated rings. The Kier molecular flexibility index (Phi) is 6.33. The maximum atomic E-state index is 14.1. The highest BCUT2D eigenvalue weighted by atomic mass is 35.5. The number of amides is 2. The molecule has 0 unspecified atom stereocenters. The summed E-state index contributed by atoms with van der Waals surface area (Å²) in [5.41, 5.74) is 2.64. The van der Waals surface area contributed by atoms with Gasteiger partial charge in [0, 0.05) is 31.7 Å². The third-order valence-electron chi connectivity index (χ3n) is 5.49. The van der Waals surface area contributed by atoms with Gasteiger partial charge in [-0.25, -0.2) is 4.39 Å². The molecule has 0 spiro atoms. The van der Waals surface area contributed by atoms with E-state index in [0.29, 0.717) is 38.2 Å². The van der Waals surface area contributed by atoms with E-state index in [0.717, 1.165) is 11.1 Å². The molecule has 0 aliphatic carbocycles. The van der Waals surface area contributed by atoms with E-state index in [2.05, 4.69) is 0 Å². The standard InChI is InChI=1S/C25H22ClFN2O2/c26-21-8-4-9-22(27)23(21)25(31)29-15-5-14-28(16-17-29)24(30)20-12-10-19(11-13-20)18-6-2-1-3-7-18/h1-4,6-13H,5,14-17H2. The van der Waals surface area contributed by atoms with Crippen molar-refractivity contribution in [2.75, 3.05) is 26.2 Å². The fraction of sp³-hybridized carbons (Fsp3) is 0.200. The summed E-state index contributed by atoms with van der Waals surface area (Å²) >= 11 is 6.05. The number of hydrogen-bond donors (Lipinski definition) is 0. The first kappa shape index (κ1) is 21.1. The molecule has 1 saturated heterocycles. The smallest absolute Gasteiger partial charge is 0.258 e. The second kappa shape index (κ2) is 9.31. The topological polar surface area (TPSA) is 40.6 Å². The Morgan fingerprint density at radius 2 is 1.32 bits per heavy atom. The van der Waals surface area contributed by atoms with E-state index >= 15 is 0 Å². The van der Waals surface area contributed by atoms with Gasteiger partial charge in [-0.2, -0.15) is 0 Å². The molecular formula is C25H22ClFN2O2. The van der Waals surface area contributed by atoms with Gasteiger partial charge in [0.2, 0.25) is 0 Å². The molecule has 1 heterocycles. The van der Waals surface area contributed by atoms with Crippen LogP contribution >= 0.6 is 11.6 Å². The molecule has 158 valence electrons. The Morgan fingerprint density at radius 3 is 1.97 bits per heavy atom. The second-order valence-corrected chi connectivity index (χ2v) is 7.89. The van der Waals surface area contributed by atoms with Crippen molar-refractivity contribution in [3.63, 3.8) is 0 Å². The van der Waals surface area contributed by atoms with Gasteiger partial charge in [-0.15, -0.1) is 0 Å². The first-order valence-corrected chi connectivity index (χ1v) is 10.6. The molecule has 0 radical (unpaired) electrons. The molecule has 4 rings (SSSR count). The van der Waals surface area contributed by atoms with Gasteiger partial charge < -0.3 is 9.80 Å². The highest BCUT2D eigenvalue weighted by molar-refractivity contribution is 6.33. The predicted octanol–water partition coefficient (Wildman–Crippen LogP) is 5.13. The highest BCUT2D eigenvalue weighted by Crippen LogP contribution is 2.23. The second-order valence-electron chi connectivity index (χ2n) is 7.48. The van der Waals surface area contributed by atoms with Gasteiger partial charge in [-0.1, -0.05) is 60.1 Å². The van der Waals surface area contributed by atoms with E-state index in [-0.39, 0.29) is 16.5 Å². The van der Waals surface area contributed by atoms with E-state index in [1.807, 2.05) is 54.6 Å². The van der Waals surface area contributed by atoms with E-state index < -0.39 is 11.7 Å². The zero-order valence-corrected chi connectivity index (χ0v) is 17.7. The number of carbonyl (C=O) groups is 2. The van der Waals surface area contributed by atoms with Gasteiger partial charge in [0.15, 0.2) is 0 Å². The normalized spacial score (nSPS) is 14.3. The zero-order valence-electron chi connectivity index (χ0n) is 16.9. The molecule has 1 aliphatic rings. The van der Waals surface area contributed by atoms with Crippen molar-refractivity contribution in [2.45, 2.75) is 6.42 Å². The zero-order chi connectivity index (χ0) is 21.8. The molecule has 4 nitrogen and oxygen atoms in total. The largest absolute Gasteiger partial charge is 0.337 e. The van der Waals surface area contributed by atoms with Crippen molar-refractivity contribution in [3.8, 4) is 11.1 Å². The van der Waals surface area contributed by atoms with Crippen molar-refractivity contribution >= 4 is 23.4 Å². The lowest BCUT2D eigenvalue weighted by molar-refractivity contribution is 0.0716. The Labute approximate surface area is 185 Å². The van der Waals surface area contributed by atoms with Crippen molar-refractivity contribution in [1.29, 1.82) is 0 Å². The Hall–Kier alpha value is -3.18. The Morgan fingerprint density at radius 1 is 0.710 bits per heavy atom. The molecule has 0 saturated carbocycles. The lowest BCUT2D eigenvalue weighted by atomic mass is 10.0. The van der Waals surface area contributed by atoms with Gasteiger partial charge in [0.1, 0.15) is 5.82 Å². The number of nitrogens with zero attached hydrogens (tertiary/aromatic N) is 2. The summed E-state index contributed by atoms with van der Waals surface area (Å²) in [7, 11) is 0. The summed E-state index contributed by atoms with van der Waals surface area (Å²) in [5, 5.41) is 0.0979. The van der Waals surface area contributed by atoms with Crippen LogP contribution in [0, 0.1) is 5.82 Å². The summed E-state index contributed by atoms with van der Waals surface area (Å²) in [5.74, 6) is -1.14. The van der Waals surface area contributed by atoms with Crippen molar-refractivity contribution < 1.29 is 14.0 Å². The van der Waals surface area contributed by atoms with Crippen LogP contribution in [0.1, 0.15) is 27.1 Å². The van der Waals surface area contributed by atoms with Gasteiger partial charge in [0.25, 0.3) is 11.8 Å². The summed E-state index contributed by atoms with van der Waals surface area (Å²) < 4.78 is 14.1. The lowest BCUT2D eigenvalue weighted by Gasteiger charge is -2.23. The quantitative estimate of drug-likeness (QED) is 0.570. The fourth-order valence-corrected chi connectivity index (χ4v) is 4.05. The summed E-state index contributed by atoms with van der Waals surface area (Å²) in [4.78, 5) is 29.1. The molecule has 0 aromatic heterocycles. The van der Waals surface area contributed by atoms with E-state index in [1.165, 1.54) is 18.2 Å². The summed E-state index contributed by atoms with van der Waals surface area (Å²) in [6.45, 7) is 1.70. The maximum Gasteiger partial charge on any atom is 0.258 e. The molecular weight excluding hydrogens is 415 g/mol. The van der Waals surface area contributed by atoms with Gasteiger partial charge >= 0.3 is 0 Å². The molecule has 2 amide bonds. The van der Waals surface area contributed by atoms with Crippen molar-refractivity contribution in [3.05, 3.63) is 94.8 Å². The number of rotatable bonds is 3.